The third kappa shape index (κ3) is 2.81. The molecule has 1 rings (SSSR count). The Kier molecular flexibility index (Phi) is 3.60. The van der Waals surface area contributed by atoms with Gasteiger partial charge in [0.15, 0.2) is 0 Å². The van der Waals surface area contributed by atoms with Crippen molar-refractivity contribution in [3.05, 3.63) is 30.3 Å². The number of amides is 1. The lowest BCUT2D eigenvalue weighted by Crippen LogP contribution is -2.32. The first-order valence-electron chi connectivity index (χ1n) is 4.60. The molecular weight excluding hydrogens is 206 g/mol. The van der Waals surface area contributed by atoms with Crippen LogP contribution in [0.5, 0.6) is 0 Å². The van der Waals surface area contributed by atoms with E-state index in [1.54, 1.807) is 24.3 Å². The van der Waals surface area contributed by atoms with Crippen molar-refractivity contribution in [3.8, 4) is 0 Å². The van der Waals surface area contributed by atoms with Gasteiger partial charge in [0.25, 0.3) is 11.9 Å². The summed E-state index contributed by atoms with van der Waals surface area (Å²) in [5.74, 6) is -0.521. The van der Waals surface area contributed by atoms with E-state index in [0.29, 0.717) is 5.69 Å². The van der Waals surface area contributed by atoms with Gasteiger partial charge in [-0.15, -0.1) is 0 Å². The zero-order chi connectivity index (χ0) is 12.1. The second-order valence-corrected chi connectivity index (χ2v) is 3.08. The molecule has 16 heavy (non-hydrogen) atoms. The lowest BCUT2D eigenvalue weighted by Gasteiger charge is -2.03. The topological polar surface area (TPSA) is 110 Å². The SMILES string of the molecule is CC(=O)[N+](=C(N)N=C(N)N)c1ccccc1. The molecule has 6 heteroatoms. The predicted molar refractivity (Wildman–Crippen MR) is 62.0 cm³/mol. The number of guanidine groups is 2. The van der Waals surface area contributed by atoms with Gasteiger partial charge in [0, 0.05) is 6.92 Å². The Morgan fingerprint density at radius 2 is 1.75 bits per heavy atom. The molecule has 0 aliphatic heterocycles. The quantitative estimate of drug-likeness (QED) is 0.335. The first kappa shape index (κ1) is 11.7. The molecule has 1 aromatic rings. The molecule has 0 heterocycles. The number of para-hydroxylation sites is 1. The Balaban J connectivity index is 3.31. The highest BCUT2D eigenvalue weighted by atomic mass is 16.2. The van der Waals surface area contributed by atoms with Crippen molar-refractivity contribution in [2.24, 2.45) is 22.2 Å². The van der Waals surface area contributed by atoms with E-state index in [1.165, 1.54) is 11.5 Å². The van der Waals surface area contributed by atoms with E-state index in [0.717, 1.165) is 0 Å². The third-order valence-electron chi connectivity index (χ3n) is 1.80. The molecule has 0 spiro atoms. The van der Waals surface area contributed by atoms with Gasteiger partial charge in [-0.3, -0.25) is 10.5 Å². The highest BCUT2D eigenvalue weighted by Crippen LogP contribution is 2.10. The summed E-state index contributed by atoms with van der Waals surface area (Å²) in [6.45, 7) is 1.38. The first-order chi connectivity index (χ1) is 7.52. The Morgan fingerprint density at radius 3 is 2.19 bits per heavy atom. The molecule has 6 N–H and O–H groups in total. The van der Waals surface area contributed by atoms with E-state index < -0.39 is 0 Å². The van der Waals surface area contributed by atoms with E-state index in [1.807, 2.05) is 6.07 Å². The number of benzene rings is 1. The number of hydrogen-bond donors (Lipinski definition) is 3. The van der Waals surface area contributed by atoms with Crippen molar-refractivity contribution >= 4 is 23.5 Å². The first-order valence-corrected chi connectivity index (χ1v) is 4.60. The molecule has 84 valence electrons. The summed E-state index contributed by atoms with van der Waals surface area (Å²) < 4.78 is 1.22. The smallest absolute Gasteiger partial charge is 0.356 e. The van der Waals surface area contributed by atoms with Crippen molar-refractivity contribution in [2.45, 2.75) is 6.92 Å². The Bertz CT molecular complexity index is 446. The predicted octanol–water partition coefficient (Wildman–Crippen LogP) is -0.535. The van der Waals surface area contributed by atoms with Gasteiger partial charge in [-0.1, -0.05) is 18.2 Å². The van der Waals surface area contributed by atoms with Crippen LogP contribution in [0.3, 0.4) is 0 Å². The summed E-state index contributed by atoms with van der Waals surface area (Å²) in [4.78, 5) is 15.1. The molecule has 6 nitrogen and oxygen atoms in total. The molecule has 0 bridgehead atoms. The Morgan fingerprint density at radius 1 is 1.19 bits per heavy atom. The van der Waals surface area contributed by atoms with E-state index in [-0.39, 0.29) is 17.8 Å². The van der Waals surface area contributed by atoms with Crippen molar-refractivity contribution < 1.29 is 9.37 Å². The molecule has 0 fully saturated rings. The van der Waals surface area contributed by atoms with Gasteiger partial charge in [0.1, 0.15) is 5.69 Å². The van der Waals surface area contributed by atoms with Crippen LogP contribution in [0.1, 0.15) is 6.92 Å². The second kappa shape index (κ2) is 4.92. The minimum Gasteiger partial charge on any atom is -0.356 e. The second-order valence-electron chi connectivity index (χ2n) is 3.08. The summed E-state index contributed by atoms with van der Waals surface area (Å²) in [5, 5.41) is 0. The van der Waals surface area contributed by atoms with Crippen molar-refractivity contribution in [1.29, 1.82) is 0 Å². The van der Waals surface area contributed by atoms with E-state index in [4.69, 9.17) is 17.2 Å². The molecule has 0 atom stereocenters. The van der Waals surface area contributed by atoms with Crippen LogP contribution in [0.25, 0.3) is 0 Å². The average Bonchev–Trinajstić information content (AvgIpc) is 2.17. The normalized spacial score (nSPS) is 11.6. The molecule has 0 saturated carbocycles. The van der Waals surface area contributed by atoms with Gasteiger partial charge in [-0.25, -0.2) is 0 Å². The minimum absolute atomic E-state index is 0.0568. The van der Waals surface area contributed by atoms with Gasteiger partial charge in [0.2, 0.25) is 0 Å². The number of aliphatic imine (C=N–C) groups is 1. The van der Waals surface area contributed by atoms with Crippen LogP contribution in [-0.4, -0.2) is 22.4 Å². The van der Waals surface area contributed by atoms with Gasteiger partial charge < -0.3 is 11.5 Å². The largest absolute Gasteiger partial charge is 0.400 e. The third-order valence-corrected chi connectivity index (χ3v) is 1.80. The Labute approximate surface area is 93.1 Å². The fraction of sp³-hybridized carbons (Fsp3) is 0.100. The molecule has 1 amide bonds. The Hall–Kier alpha value is -2.37. The monoisotopic (exact) mass is 220 g/mol. The fourth-order valence-electron chi connectivity index (χ4n) is 1.23. The fourth-order valence-corrected chi connectivity index (χ4v) is 1.23. The molecule has 0 unspecified atom stereocenters. The lowest BCUT2D eigenvalue weighted by atomic mass is 10.3. The minimum atomic E-state index is -0.270. The number of rotatable bonds is 1. The number of carbonyl (C=O) groups is 1. The maximum absolute atomic E-state index is 11.4. The highest BCUT2D eigenvalue weighted by molar-refractivity contribution is 5.92. The van der Waals surface area contributed by atoms with Gasteiger partial charge in [0.05, 0.1) is 0 Å². The van der Waals surface area contributed by atoms with Crippen molar-refractivity contribution in [1.82, 2.24) is 0 Å². The van der Waals surface area contributed by atoms with Crippen molar-refractivity contribution in [3.63, 3.8) is 0 Å². The molecule has 0 saturated heterocycles. The molecular formula is C10H14N5O+. The van der Waals surface area contributed by atoms with Crippen molar-refractivity contribution in [2.75, 3.05) is 0 Å². The molecule has 0 aliphatic rings. The van der Waals surface area contributed by atoms with E-state index in [9.17, 15) is 4.79 Å². The molecule has 0 radical (unpaired) electrons. The summed E-state index contributed by atoms with van der Waals surface area (Å²) in [5.41, 5.74) is 16.6. The lowest BCUT2D eigenvalue weighted by molar-refractivity contribution is -0.366. The van der Waals surface area contributed by atoms with Crippen LogP contribution in [0.15, 0.2) is 35.3 Å². The number of hydrogen-bond acceptors (Lipinski definition) is 1. The summed E-state index contributed by atoms with van der Waals surface area (Å²) >= 11 is 0. The van der Waals surface area contributed by atoms with Gasteiger partial charge in [-0.2, -0.15) is 4.58 Å². The number of nitrogens with two attached hydrogens (primary N) is 3. The van der Waals surface area contributed by atoms with Gasteiger partial charge in [-0.05, 0) is 17.1 Å². The average molecular weight is 220 g/mol. The number of nitrogens with zero attached hydrogens (tertiary/aromatic N) is 2. The van der Waals surface area contributed by atoms with E-state index in [2.05, 4.69) is 4.99 Å². The summed E-state index contributed by atoms with van der Waals surface area (Å²) in [7, 11) is 0. The van der Waals surface area contributed by atoms with Crippen LogP contribution < -0.4 is 17.2 Å². The zero-order valence-corrected chi connectivity index (χ0v) is 8.92. The zero-order valence-electron chi connectivity index (χ0n) is 8.92. The standard InChI is InChI=1S/C10H13N5O/c1-7(16)15(10(13)14-9(11)12)8-5-3-2-4-6-8/h2-6H,1H3,(H5,11,12,13,14)/p+1. The summed E-state index contributed by atoms with van der Waals surface area (Å²) in [6.07, 6.45) is 0. The number of carbonyl (C=O) groups excluding carboxylic acids is 1. The van der Waals surface area contributed by atoms with Crippen LogP contribution in [0, 0.1) is 0 Å². The highest BCUT2D eigenvalue weighted by Gasteiger charge is 2.15. The van der Waals surface area contributed by atoms with Crippen LogP contribution >= 0.6 is 0 Å². The van der Waals surface area contributed by atoms with Crippen LogP contribution in [-0.2, 0) is 4.79 Å². The van der Waals surface area contributed by atoms with Gasteiger partial charge >= 0.3 is 5.96 Å². The van der Waals surface area contributed by atoms with Crippen LogP contribution in [0.2, 0.25) is 0 Å². The molecule has 0 aliphatic carbocycles. The maximum Gasteiger partial charge on any atom is 0.400 e. The van der Waals surface area contributed by atoms with Crippen LogP contribution in [0.4, 0.5) is 5.69 Å². The summed E-state index contributed by atoms with van der Waals surface area (Å²) in [6, 6.07) is 8.87. The molecule has 0 aromatic heterocycles. The van der Waals surface area contributed by atoms with E-state index >= 15 is 0 Å². The molecule has 1 aromatic carbocycles. The maximum atomic E-state index is 11.4.